The Hall–Kier alpha value is -1.09. The van der Waals surface area contributed by atoms with Gasteiger partial charge in [0, 0.05) is 17.3 Å². The van der Waals surface area contributed by atoms with Gasteiger partial charge in [-0.3, -0.25) is 0 Å². The van der Waals surface area contributed by atoms with E-state index in [4.69, 9.17) is 5.73 Å². The Labute approximate surface area is 104 Å². The van der Waals surface area contributed by atoms with E-state index in [1.165, 1.54) is 36.8 Å². The summed E-state index contributed by atoms with van der Waals surface area (Å²) in [5, 5.41) is 3.71. The predicted molar refractivity (Wildman–Crippen MR) is 71.8 cm³/mol. The highest BCUT2D eigenvalue weighted by atomic mass is 15.0. The third-order valence-electron chi connectivity index (χ3n) is 3.92. The fourth-order valence-corrected chi connectivity index (χ4v) is 2.83. The fourth-order valence-electron chi connectivity index (χ4n) is 2.83. The number of rotatable bonds is 2. The van der Waals surface area contributed by atoms with E-state index in [-0.39, 0.29) is 5.54 Å². The predicted octanol–water partition coefficient (Wildman–Crippen LogP) is 2.74. The second-order valence-electron chi connectivity index (χ2n) is 5.12. The Bertz CT molecular complexity index is 379. The molecule has 0 saturated carbocycles. The van der Waals surface area contributed by atoms with Crippen molar-refractivity contribution in [3.8, 4) is 0 Å². The lowest BCUT2D eigenvalue weighted by molar-refractivity contribution is 0.313. The van der Waals surface area contributed by atoms with Gasteiger partial charge in [-0.15, -0.1) is 0 Å². The minimum atomic E-state index is 0.0413. The van der Waals surface area contributed by atoms with Gasteiger partial charge in [0.15, 0.2) is 0 Å². The average Bonchev–Trinajstić information content (AvgIpc) is 2.58. The molecule has 1 aliphatic heterocycles. The molecule has 0 aliphatic carbocycles. The minimum Gasteiger partial charge on any atom is -0.383 e. The first kappa shape index (κ1) is 12.4. The molecule has 1 aromatic rings. The quantitative estimate of drug-likeness (QED) is 0.826. The second kappa shape index (κ2) is 5.05. The monoisotopic (exact) mass is 233 g/mol. The van der Waals surface area contributed by atoms with Gasteiger partial charge in [-0.25, -0.2) is 4.98 Å². The van der Waals surface area contributed by atoms with E-state index in [0.29, 0.717) is 5.82 Å². The van der Waals surface area contributed by atoms with E-state index in [1.807, 2.05) is 6.20 Å². The summed E-state index contributed by atoms with van der Waals surface area (Å²) in [4.78, 5) is 4.32. The fraction of sp³-hybridized carbons (Fsp3) is 0.643. The normalized spacial score (nSPS) is 25.5. The Morgan fingerprint density at radius 2 is 2.24 bits per heavy atom. The van der Waals surface area contributed by atoms with Crippen molar-refractivity contribution < 1.29 is 0 Å². The van der Waals surface area contributed by atoms with Crippen molar-refractivity contribution >= 4 is 5.82 Å². The van der Waals surface area contributed by atoms with Crippen LogP contribution in [0.4, 0.5) is 5.82 Å². The van der Waals surface area contributed by atoms with E-state index < -0.39 is 0 Å². The molecule has 94 valence electrons. The molecule has 1 aromatic heterocycles. The van der Waals surface area contributed by atoms with Crippen LogP contribution in [0.1, 0.15) is 50.2 Å². The summed E-state index contributed by atoms with van der Waals surface area (Å²) >= 11 is 0. The number of nitrogens with two attached hydrogens (primary N) is 1. The van der Waals surface area contributed by atoms with Crippen molar-refractivity contribution in [1.82, 2.24) is 10.3 Å². The SMILES string of the molecule is CCC1(c2cc(C)cnc2N)CCCCCN1. The second-order valence-corrected chi connectivity index (χ2v) is 5.12. The van der Waals surface area contributed by atoms with Crippen LogP contribution in [0.25, 0.3) is 0 Å². The minimum absolute atomic E-state index is 0.0413. The standard InChI is InChI=1S/C14H23N3/c1-3-14(7-5-4-6-8-17-14)12-9-11(2)10-16-13(12)15/h9-10,17H,3-8H2,1-2H3,(H2,15,16). The number of aromatic nitrogens is 1. The Kier molecular flexibility index (Phi) is 3.67. The molecule has 17 heavy (non-hydrogen) atoms. The molecule has 1 unspecified atom stereocenters. The van der Waals surface area contributed by atoms with Gasteiger partial charge in [0.25, 0.3) is 0 Å². The summed E-state index contributed by atoms with van der Waals surface area (Å²) in [6, 6.07) is 2.20. The van der Waals surface area contributed by atoms with Crippen LogP contribution >= 0.6 is 0 Å². The number of nitrogens with one attached hydrogen (secondary N) is 1. The lowest BCUT2D eigenvalue weighted by Gasteiger charge is -2.34. The third-order valence-corrected chi connectivity index (χ3v) is 3.92. The molecule has 0 spiro atoms. The first-order chi connectivity index (χ1) is 8.18. The van der Waals surface area contributed by atoms with Crippen molar-refractivity contribution in [1.29, 1.82) is 0 Å². The highest BCUT2D eigenvalue weighted by Gasteiger charge is 2.32. The van der Waals surface area contributed by atoms with Crippen molar-refractivity contribution in [2.45, 2.75) is 51.5 Å². The van der Waals surface area contributed by atoms with E-state index in [9.17, 15) is 0 Å². The van der Waals surface area contributed by atoms with Gasteiger partial charge >= 0.3 is 0 Å². The van der Waals surface area contributed by atoms with Gasteiger partial charge in [0.2, 0.25) is 0 Å². The van der Waals surface area contributed by atoms with Crippen LogP contribution in [0.2, 0.25) is 0 Å². The molecule has 2 rings (SSSR count). The van der Waals surface area contributed by atoms with E-state index >= 15 is 0 Å². The molecule has 3 heteroatoms. The summed E-state index contributed by atoms with van der Waals surface area (Å²) < 4.78 is 0. The lowest BCUT2D eigenvalue weighted by Crippen LogP contribution is -2.42. The van der Waals surface area contributed by atoms with Crippen LogP contribution in [0.3, 0.4) is 0 Å². The summed E-state index contributed by atoms with van der Waals surface area (Å²) in [6.45, 7) is 5.40. The number of hydrogen-bond donors (Lipinski definition) is 2. The Morgan fingerprint density at radius 1 is 1.41 bits per heavy atom. The number of hydrogen-bond acceptors (Lipinski definition) is 3. The van der Waals surface area contributed by atoms with Crippen LogP contribution in [-0.4, -0.2) is 11.5 Å². The van der Waals surface area contributed by atoms with Crippen molar-refractivity contribution in [2.75, 3.05) is 12.3 Å². The Morgan fingerprint density at radius 3 is 3.00 bits per heavy atom. The molecule has 3 nitrogen and oxygen atoms in total. The highest BCUT2D eigenvalue weighted by Crippen LogP contribution is 2.35. The number of aryl methyl sites for hydroxylation is 1. The summed E-state index contributed by atoms with van der Waals surface area (Å²) in [6.07, 6.45) is 7.93. The van der Waals surface area contributed by atoms with Gasteiger partial charge in [-0.05, 0) is 44.4 Å². The Balaban J connectivity index is 2.41. The first-order valence-corrected chi connectivity index (χ1v) is 6.65. The number of nitrogen functional groups attached to an aromatic ring is 1. The van der Waals surface area contributed by atoms with Crippen LogP contribution in [0.5, 0.6) is 0 Å². The average molecular weight is 233 g/mol. The maximum atomic E-state index is 6.08. The molecule has 0 aromatic carbocycles. The maximum Gasteiger partial charge on any atom is 0.128 e. The first-order valence-electron chi connectivity index (χ1n) is 6.65. The van der Waals surface area contributed by atoms with Crippen molar-refractivity contribution in [3.05, 3.63) is 23.4 Å². The van der Waals surface area contributed by atoms with Gasteiger partial charge in [0.1, 0.15) is 5.82 Å². The molecular weight excluding hydrogens is 210 g/mol. The maximum absolute atomic E-state index is 6.08. The van der Waals surface area contributed by atoms with E-state index in [1.54, 1.807) is 0 Å². The van der Waals surface area contributed by atoms with Crippen LogP contribution in [0, 0.1) is 6.92 Å². The van der Waals surface area contributed by atoms with Gasteiger partial charge in [0.05, 0.1) is 0 Å². The van der Waals surface area contributed by atoms with Crippen LogP contribution in [-0.2, 0) is 5.54 Å². The molecule has 0 radical (unpaired) electrons. The highest BCUT2D eigenvalue weighted by molar-refractivity contribution is 5.45. The number of anilines is 1. The summed E-state index contributed by atoms with van der Waals surface area (Å²) in [5.74, 6) is 0.687. The molecule has 2 heterocycles. The summed E-state index contributed by atoms with van der Waals surface area (Å²) in [7, 11) is 0. The summed E-state index contributed by atoms with van der Waals surface area (Å²) in [5.41, 5.74) is 8.51. The zero-order valence-corrected chi connectivity index (χ0v) is 10.9. The number of nitrogens with zero attached hydrogens (tertiary/aromatic N) is 1. The van der Waals surface area contributed by atoms with Crippen molar-refractivity contribution in [3.63, 3.8) is 0 Å². The molecule has 1 saturated heterocycles. The van der Waals surface area contributed by atoms with Crippen molar-refractivity contribution in [2.24, 2.45) is 0 Å². The zero-order chi connectivity index (χ0) is 12.3. The third kappa shape index (κ3) is 2.44. The topological polar surface area (TPSA) is 50.9 Å². The molecule has 0 bridgehead atoms. The molecular formula is C14H23N3. The van der Waals surface area contributed by atoms with E-state index in [2.05, 4.69) is 30.2 Å². The molecule has 0 amide bonds. The lowest BCUT2D eigenvalue weighted by atomic mass is 9.83. The molecule has 1 fully saturated rings. The molecule has 1 atom stereocenters. The van der Waals surface area contributed by atoms with Crippen LogP contribution < -0.4 is 11.1 Å². The zero-order valence-electron chi connectivity index (χ0n) is 10.9. The van der Waals surface area contributed by atoms with Gasteiger partial charge < -0.3 is 11.1 Å². The van der Waals surface area contributed by atoms with Crippen LogP contribution in [0.15, 0.2) is 12.3 Å². The van der Waals surface area contributed by atoms with Gasteiger partial charge in [-0.1, -0.05) is 19.8 Å². The van der Waals surface area contributed by atoms with Gasteiger partial charge in [-0.2, -0.15) is 0 Å². The molecule has 1 aliphatic rings. The largest absolute Gasteiger partial charge is 0.383 e. The smallest absolute Gasteiger partial charge is 0.128 e. The number of pyridine rings is 1. The van der Waals surface area contributed by atoms with E-state index in [0.717, 1.165) is 13.0 Å². The molecule has 3 N–H and O–H groups in total.